The van der Waals surface area contributed by atoms with Gasteiger partial charge in [-0.1, -0.05) is 29.8 Å². The molecular formula is C31H36ClNO4. The summed E-state index contributed by atoms with van der Waals surface area (Å²) in [5, 5.41) is 11.7. The molecule has 2 aliphatic heterocycles. The van der Waals surface area contributed by atoms with Crippen molar-refractivity contribution in [2.45, 2.75) is 74.7 Å². The zero-order chi connectivity index (χ0) is 25.0. The molecule has 5 aliphatic carbocycles. The zero-order valence-corrected chi connectivity index (χ0v) is 22.3. The summed E-state index contributed by atoms with van der Waals surface area (Å²) in [5.41, 5.74) is 3.48. The van der Waals surface area contributed by atoms with E-state index in [-0.39, 0.29) is 28.6 Å². The Morgan fingerprint density at radius 1 is 1.11 bits per heavy atom. The predicted octanol–water partition coefficient (Wildman–Crippen LogP) is 5.49. The Balaban J connectivity index is 1.20. The number of benzene rings is 2. The third-order valence-corrected chi connectivity index (χ3v) is 11.6. The SMILES string of the molecule is CO[C@]12CC[C@@]3(C[C@@H]1COCc1ccc(Cl)cc1)[C@H]1Cc4ccc(O)c5c4[C@@]3(CCN1CC1CC1)[C@H]2O5. The third kappa shape index (κ3) is 2.92. The number of phenolic OH excluding ortho intramolecular Hbond substituents is 1. The monoisotopic (exact) mass is 521 g/mol. The molecule has 9 rings (SSSR count). The normalized spacial score (nSPS) is 38.9. The van der Waals surface area contributed by atoms with Crippen LogP contribution in [-0.4, -0.2) is 54.6 Å². The van der Waals surface area contributed by atoms with E-state index in [4.69, 9.17) is 25.8 Å². The van der Waals surface area contributed by atoms with Crippen LogP contribution in [0.4, 0.5) is 0 Å². The van der Waals surface area contributed by atoms with Gasteiger partial charge in [-0.3, -0.25) is 4.90 Å². The topological polar surface area (TPSA) is 51.2 Å². The first kappa shape index (κ1) is 23.1. The number of aromatic hydroxyl groups is 1. The largest absolute Gasteiger partial charge is 0.504 e. The average Bonchev–Trinajstić information content (AvgIpc) is 3.65. The maximum atomic E-state index is 11.0. The molecule has 1 saturated heterocycles. The Bertz CT molecular complexity index is 1250. The number of halogens is 1. The molecule has 2 spiro atoms. The first-order valence-corrected chi connectivity index (χ1v) is 14.5. The second-order valence-electron chi connectivity index (χ2n) is 12.7. The molecule has 4 bridgehead atoms. The van der Waals surface area contributed by atoms with E-state index in [0.29, 0.717) is 19.3 Å². The van der Waals surface area contributed by atoms with E-state index in [0.717, 1.165) is 60.9 Å². The van der Waals surface area contributed by atoms with Crippen LogP contribution in [0.15, 0.2) is 36.4 Å². The van der Waals surface area contributed by atoms with E-state index in [1.54, 1.807) is 0 Å². The maximum absolute atomic E-state index is 11.0. The zero-order valence-electron chi connectivity index (χ0n) is 21.5. The molecular weight excluding hydrogens is 486 g/mol. The van der Waals surface area contributed by atoms with Gasteiger partial charge in [-0.25, -0.2) is 0 Å². The minimum atomic E-state index is -0.412. The van der Waals surface area contributed by atoms with E-state index in [2.05, 4.69) is 11.0 Å². The van der Waals surface area contributed by atoms with E-state index in [1.165, 1.54) is 30.5 Å². The summed E-state index contributed by atoms with van der Waals surface area (Å²) in [6.45, 7) is 3.58. The number of ether oxygens (including phenoxy) is 3. The van der Waals surface area contributed by atoms with E-state index in [9.17, 15) is 5.11 Å². The van der Waals surface area contributed by atoms with Gasteiger partial charge >= 0.3 is 0 Å². The molecule has 2 aromatic carbocycles. The van der Waals surface area contributed by atoms with Crippen LogP contribution < -0.4 is 4.74 Å². The number of piperidine rings is 1. The van der Waals surface area contributed by atoms with Crippen LogP contribution in [0.1, 0.15) is 55.2 Å². The second-order valence-corrected chi connectivity index (χ2v) is 13.1. The fourth-order valence-corrected chi connectivity index (χ4v) is 9.77. The smallest absolute Gasteiger partial charge is 0.165 e. The molecule has 196 valence electrons. The lowest BCUT2D eigenvalue weighted by atomic mass is 9.35. The lowest BCUT2D eigenvalue weighted by Gasteiger charge is -2.74. The highest BCUT2D eigenvalue weighted by Crippen LogP contribution is 2.76. The molecule has 5 nitrogen and oxygen atoms in total. The van der Waals surface area contributed by atoms with Crippen LogP contribution in [0.5, 0.6) is 11.5 Å². The van der Waals surface area contributed by atoms with Crippen molar-refractivity contribution in [2.75, 3.05) is 26.8 Å². The van der Waals surface area contributed by atoms with Crippen LogP contribution in [0.25, 0.3) is 0 Å². The number of likely N-dealkylation sites (tertiary alicyclic amines) is 1. The van der Waals surface area contributed by atoms with Crippen LogP contribution >= 0.6 is 11.6 Å². The Kier molecular flexibility index (Phi) is 4.92. The van der Waals surface area contributed by atoms with Crippen molar-refractivity contribution < 1.29 is 19.3 Å². The van der Waals surface area contributed by atoms with Gasteiger partial charge in [-0.2, -0.15) is 0 Å². The molecule has 1 N–H and O–H groups in total. The number of fused-ring (bicyclic) bond motifs is 2. The van der Waals surface area contributed by atoms with Crippen molar-refractivity contribution >= 4 is 11.6 Å². The quantitative estimate of drug-likeness (QED) is 0.522. The summed E-state index contributed by atoms with van der Waals surface area (Å²) in [5.74, 6) is 2.16. The Hall–Kier alpha value is -1.79. The van der Waals surface area contributed by atoms with E-state index in [1.807, 2.05) is 37.4 Å². The average molecular weight is 522 g/mol. The van der Waals surface area contributed by atoms with Gasteiger partial charge in [0, 0.05) is 47.0 Å². The Morgan fingerprint density at radius 2 is 1.95 bits per heavy atom. The molecule has 7 aliphatic rings. The van der Waals surface area contributed by atoms with Crippen molar-refractivity contribution in [1.82, 2.24) is 4.90 Å². The third-order valence-electron chi connectivity index (χ3n) is 11.3. The summed E-state index contributed by atoms with van der Waals surface area (Å²) < 4.78 is 19.9. The molecule has 0 radical (unpaired) electrons. The summed E-state index contributed by atoms with van der Waals surface area (Å²) in [4.78, 5) is 2.85. The number of methoxy groups -OCH3 is 1. The summed E-state index contributed by atoms with van der Waals surface area (Å²) in [6, 6.07) is 12.5. The van der Waals surface area contributed by atoms with E-state index < -0.39 is 5.60 Å². The highest BCUT2D eigenvalue weighted by atomic mass is 35.5. The maximum Gasteiger partial charge on any atom is 0.165 e. The second kappa shape index (κ2) is 7.88. The Morgan fingerprint density at radius 3 is 2.73 bits per heavy atom. The van der Waals surface area contributed by atoms with Crippen LogP contribution in [0, 0.1) is 17.3 Å². The van der Waals surface area contributed by atoms with Gasteiger partial charge in [0.2, 0.25) is 0 Å². The number of hydrogen-bond acceptors (Lipinski definition) is 5. The van der Waals surface area contributed by atoms with Crippen LogP contribution in [0.3, 0.4) is 0 Å². The first-order valence-electron chi connectivity index (χ1n) is 14.1. The van der Waals surface area contributed by atoms with Crippen LogP contribution in [0.2, 0.25) is 5.02 Å². The molecule has 4 saturated carbocycles. The Labute approximate surface area is 224 Å². The van der Waals surface area contributed by atoms with Gasteiger partial charge in [0.15, 0.2) is 11.5 Å². The molecule has 6 heteroatoms. The summed E-state index contributed by atoms with van der Waals surface area (Å²) >= 11 is 6.08. The van der Waals surface area contributed by atoms with Crippen LogP contribution in [-0.2, 0) is 27.9 Å². The molecule has 6 atom stereocenters. The van der Waals surface area contributed by atoms with Gasteiger partial charge in [0.1, 0.15) is 11.7 Å². The van der Waals surface area contributed by atoms with Gasteiger partial charge in [0.25, 0.3) is 0 Å². The number of phenols is 1. The van der Waals surface area contributed by atoms with Gasteiger partial charge in [0.05, 0.1) is 13.2 Å². The molecule has 2 heterocycles. The van der Waals surface area contributed by atoms with Crippen molar-refractivity contribution in [2.24, 2.45) is 17.3 Å². The molecule has 37 heavy (non-hydrogen) atoms. The van der Waals surface area contributed by atoms with Gasteiger partial charge < -0.3 is 19.3 Å². The molecule has 2 aromatic rings. The van der Waals surface area contributed by atoms with Crippen molar-refractivity contribution in [3.63, 3.8) is 0 Å². The lowest BCUT2D eigenvalue weighted by molar-refractivity contribution is -0.283. The predicted molar refractivity (Wildman–Crippen MR) is 141 cm³/mol. The highest BCUT2D eigenvalue weighted by molar-refractivity contribution is 6.30. The lowest BCUT2D eigenvalue weighted by Crippen LogP contribution is -2.81. The minimum absolute atomic E-state index is 0.0791. The fourth-order valence-electron chi connectivity index (χ4n) is 9.64. The first-order chi connectivity index (χ1) is 18.0. The number of hydrogen-bond donors (Lipinski definition) is 1. The van der Waals surface area contributed by atoms with Crippen molar-refractivity contribution in [1.29, 1.82) is 0 Å². The highest BCUT2D eigenvalue weighted by Gasteiger charge is 2.80. The summed E-state index contributed by atoms with van der Waals surface area (Å²) in [6.07, 6.45) is 8.09. The van der Waals surface area contributed by atoms with Crippen molar-refractivity contribution in [3.8, 4) is 11.5 Å². The molecule has 0 aromatic heterocycles. The van der Waals surface area contributed by atoms with Gasteiger partial charge in [-0.05, 0) is 86.7 Å². The standard InChI is InChI=1S/C31H36ClNO4/c1-35-31-11-10-29(15-22(31)18-36-17-20-4-7-23(32)8-5-20)25-14-21-6-9-24(34)27-26(21)30(29,28(31)37-27)12-13-33(25)16-19-2-3-19/h4-9,19,22,25,28,34H,2-3,10-18H2,1H3/t22-,25-,28-,29-,30+,31-/m1/s1. The minimum Gasteiger partial charge on any atom is -0.504 e. The summed E-state index contributed by atoms with van der Waals surface area (Å²) in [7, 11) is 1.87. The number of nitrogens with zero attached hydrogens (tertiary/aromatic N) is 1. The molecule has 5 fully saturated rings. The molecule has 0 unspecified atom stereocenters. The van der Waals surface area contributed by atoms with Crippen molar-refractivity contribution in [3.05, 3.63) is 58.1 Å². The fraction of sp³-hybridized carbons (Fsp3) is 0.613. The molecule has 0 amide bonds. The van der Waals surface area contributed by atoms with Gasteiger partial charge in [-0.15, -0.1) is 0 Å². The van der Waals surface area contributed by atoms with E-state index >= 15 is 0 Å². The number of rotatable bonds is 7.